The van der Waals surface area contributed by atoms with Gasteiger partial charge < -0.3 is 15.3 Å². The summed E-state index contributed by atoms with van der Waals surface area (Å²) in [5, 5.41) is 11.7. The number of benzene rings is 1. The van der Waals surface area contributed by atoms with E-state index in [0.717, 1.165) is 11.3 Å². The minimum atomic E-state index is -4.48. The third-order valence-corrected chi connectivity index (χ3v) is 3.12. The van der Waals surface area contributed by atoms with E-state index in [1.165, 1.54) is 0 Å². The molecule has 1 aliphatic heterocycles. The lowest BCUT2D eigenvalue weighted by atomic mass is 10.1. The first-order valence-electron chi connectivity index (χ1n) is 6.21. The first kappa shape index (κ1) is 14.6. The summed E-state index contributed by atoms with van der Waals surface area (Å²) in [7, 11) is 0. The summed E-state index contributed by atoms with van der Waals surface area (Å²) < 4.78 is 37.3. The zero-order chi connectivity index (χ0) is 14.8. The lowest BCUT2D eigenvalue weighted by Gasteiger charge is -2.26. The van der Waals surface area contributed by atoms with E-state index < -0.39 is 31.3 Å². The van der Waals surface area contributed by atoms with Crippen LogP contribution in [0, 0.1) is 0 Å². The van der Waals surface area contributed by atoms with Crippen LogP contribution in [0.15, 0.2) is 24.3 Å². The van der Waals surface area contributed by atoms with Crippen molar-refractivity contribution < 1.29 is 23.1 Å². The van der Waals surface area contributed by atoms with Crippen LogP contribution in [0.1, 0.15) is 5.56 Å². The zero-order valence-corrected chi connectivity index (χ0v) is 10.7. The maximum atomic E-state index is 12.4. The van der Waals surface area contributed by atoms with Crippen LogP contribution >= 0.6 is 0 Å². The molecular weight excluding hydrogens is 273 g/mol. The first-order chi connectivity index (χ1) is 9.40. The van der Waals surface area contributed by atoms with Gasteiger partial charge in [-0.25, -0.2) is 0 Å². The van der Waals surface area contributed by atoms with Crippen LogP contribution in [0.4, 0.5) is 18.9 Å². The van der Waals surface area contributed by atoms with Crippen molar-refractivity contribution in [2.24, 2.45) is 0 Å². The van der Waals surface area contributed by atoms with Crippen molar-refractivity contribution in [2.45, 2.75) is 18.6 Å². The second kappa shape index (κ2) is 5.70. The Kier molecular flexibility index (Phi) is 4.17. The van der Waals surface area contributed by atoms with E-state index in [-0.39, 0.29) is 6.54 Å². The number of aliphatic hydroxyl groups is 1. The predicted molar refractivity (Wildman–Crippen MR) is 67.3 cm³/mol. The van der Waals surface area contributed by atoms with E-state index in [9.17, 15) is 18.0 Å². The molecule has 0 spiro atoms. The molecule has 0 radical (unpaired) electrons. The highest BCUT2D eigenvalue weighted by molar-refractivity contribution is 5.87. The van der Waals surface area contributed by atoms with Crippen molar-refractivity contribution in [1.82, 2.24) is 4.90 Å². The van der Waals surface area contributed by atoms with Crippen molar-refractivity contribution in [2.75, 3.05) is 25.0 Å². The Labute approximate surface area is 114 Å². The van der Waals surface area contributed by atoms with E-state index in [1.54, 1.807) is 12.1 Å². The number of carbonyl (C=O) groups is 1. The number of anilines is 1. The molecule has 0 saturated heterocycles. The molecule has 0 aromatic heterocycles. The largest absolute Gasteiger partial charge is 0.406 e. The Morgan fingerprint density at radius 2 is 2.10 bits per heavy atom. The van der Waals surface area contributed by atoms with Crippen LogP contribution < -0.4 is 5.32 Å². The monoisotopic (exact) mass is 288 g/mol. The number of alkyl halides is 3. The number of carbonyl (C=O) groups excluding carboxylic acids is 1. The number of hydrogen-bond donors (Lipinski definition) is 2. The first-order valence-corrected chi connectivity index (χ1v) is 6.21. The summed E-state index contributed by atoms with van der Waals surface area (Å²) in [6, 6.07) is 6.51. The maximum absolute atomic E-state index is 12.4. The number of nitrogens with one attached hydrogen (secondary N) is 1. The minimum absolute atomic E-state index is 0.327. The van der Waals surface area contributed by atoms with Gasteiger partial charge in [-0.1, -0.05) is 18.2 Å². The van der Waals surface area contributed by atoms with Gasteiger partial charge in [0, 0.05) is 18.7 Å². The highest BCUT2D eigenvalue weighted by Crippen LogP contribution is 2.26. The molecule has 1 heterocycles. The van der Waals surface area contributed by atoms with Crippen molar-refractivity contribution in [3.63, 3.8) is 0 Å². The van der Waals surface area contributed by atoms with Gasteiger partial charge in [0.1, 0.15) is 12.6 Å². The van der Waals surface area contributed by atoms with E-state index >= 15 is 0 Å². The molecule has 0 aliphatic carbocycles. The highest BCUT2D eigenvalue weighted by Gasteiger charge is 2.36. The highest BCUT2D eigenvalue weighted by atomic mass is 19.4. The molecule has 0 saturated carbocycles. The smallest absolute Gasteiger partial charge is 0.395 e. The fraction of sp³-hybridized carbons (Fsp3) is 0.462. The fourth-order valence-corrected chi connectivity index (χ4v) is 2.27. The lowest BCUT2D eigenvalue weighted by molar-refractivity contribution is -0.162. The maximum Gasteiger partial charge on any atom is 0.406 e. The van der Waals surface area contributed by atoms with Crippen LogP contribution in [0.25, 0.3) is 0 Å². The van der Waals surface area contributed by atoms with Crippen LogP contribution in [0.2, 0.25) is 0 Å². The molecule has 2 rings (SSSR count). The quantitative estimate of drug-likeness (QED) is 0.880. The number of fused-ring (bicyclic) bond motifs is 1. The van der Waals surface area contributed by atoms with Crippen LogP contribution in [0.3, 0.4) is 0 Å². The molecule has 4 nitrogen and oxygen atoms in total. The van der Waals surface area contributed by atoms with E-state index in [4.69, 9.17) is 5.11 Å². The number of hydrogen-bond acceptors (Lipinski definition) is 3. The van der Waals surface area contributed by atoms with Gasteiger partial charge in [-0.2, -0.15) is 13.2 Å². The van der Waals surface area contributed by atoms with Gasteiger partial charge in [-0.05, 0) is 11.6 Å². The molecule has 110 valence electrons. The molecule has 0 bridgehead atoms. The van der Waals surface area contributed by atoms with Gasteiger partial charge in [0.15, 0.2) is 0 Å². The van der Waals surface area contributed by atoms with Gasteiger partial charge in [-0.3, -0.25) is 4.79 Å². The second-order valence-electron chi connectivity index (χ2n) is 4.66. The Morgan fingerprint density at radius 3 is 2.70 bits per heavy atom. The van der Waals surface area contributed by atoms with Gasteiger partial charge >= 0.3 is 6.18 Å². The van der Waals surface area contributed by atoms with Crippen LogP contribution in [-0.2, 0) is 11.2 Å². The van der Waals surface area contributed by atoms with Gasteiger partial charge in [0.05, 0.1) is 6.61 Å². The molecule has 1 aromatic rings. The van der Waals surface area contributed by atoms with E-state index in [2.05, 4.69) is 5.32 Å². The lowest BCUT2D eigenvalue weighted by Crippen LogP contribution is -2.47. The number of rotatable bonds is 4. The normalized spacial score (nSPS) is 17.5. The summed E-state index contributed by atoms with van der Waals surface area (Å²) in [5.41, 5.74) is 1.67. The summed E-state index contributed by atoms with van der Waals surface area (Å²) in [6.45, 7) is -2.17. The fourth-order valence-electron chi connectivity index (χ4n) is 2.27. The van der Waals surface area contributed by atoms with Crippen molar-refractivity contribution >= 4 is 11.6 Å². The minimum Gasteiger partial charge on any atom is -0.395 e. The summed E-state index contributed by atoms with van der Waals surface area (Å²) in [4.78, 5) is 12.8. The molecule has 1 aromatic carbocycles. The molecule has 7 heteroatoms. The van der Waals surface area contributed by atoms with Crippen molar-refractivity contribution in [3.05, 3.63) is 29.8 Å². The Hall–Kier alpha value is -1.76. The summed E-state index contributed by atoms with van der Waals surface area (Å²) in [5.74, 6) is -0.646. The van der Waals surface area contributed by atoms with Crippen LogP contribution in [-0.4, -0.2) is 47.8 Å². The molecule has 0 fully saturated rings. The number of para-hydroxylation sites is 1. The number of aliphatic hydroxyl groups excluding tert-OH is 1. The third-order valence-electron chi connectivity index (χ3n) is 3.12. The Bertz CT molecular complexity index is 466. The topological polar surface area (TPSA) is 52.6 Å². The number of halogens is 3. The molecule has 20 heavy (non-hydrogen) atoms. The van der Waals surface area contributed by atoms with Crippen molar-refractivity contribution in [3.8, 4) is 0 Å². The molecular formula is C13H15F3N2O2. The Morgan fingerprint density at radius 1 is 1.40 bits per heavy atom. The van der Waals surface area contributed by atoms with E-state index in [1.807, 2.05) is 12.1 Å². The third kappa shape index (κ3) is 3.41. The standard InChI is InChI=1S/C13H15F3N2O2/c14-13(15,16)8-18(5-6-19)12(20)11-7-9-3-1-2-4-10(9)17-11/h1-4,11,17,19H,5-8H2. The summed E-state index contributed by atoms with van der Waals surface area (Å²) >= 11 is 0. The number of amides is 1. The zero-order valence-electron chi connectivity index (χ0n) is 10.7. The molecule has 1 amide bonds. The van der Waals surface area contributed by atoms with E-state index in [0.29, 0.717) is 11.3 Å². The summed E-state index contributed by atoms with van der Waals surface area (Å²) in [6.07, 6.45) is -4.12. The molecule has 2 N–H and O–H groups in total. The SMILES string of the molecule is O=C(C1Cc2ccccc2N1)N(CCO)CC(F)(F)F. The Balaban J connectivity index is 2.06. The molecule has 1 atom stereocenters. The number of nitrogens with zero attached hydrogens (tertiary/aromatic N) is 1. The second-order valence-corrected chi connectivity index (χ2v) is 4.66. The van der Waals surface area contributed by atoms with Gasteiger partial charge in [0.2, 0.25) is 5.91 Å². The van der Waals surface area contributed by atoms with Gasteiger partial charge in [-0.15, -0.1) is 0 Å². The van der Waals surface area contributed by atoms with Crippen LogP contribution in [0.5, 0.6) is 0 Å². The molecule has 1 aliphatic rings. The predicted octanol–water partition coefficient (Wildman–Crippen LogP) is 1.41. The average molecular weight is 288 g/mol. The molecule has 1 unspecified atom stereocenters. The van der Waals surface area contributed by atoms with Crippen molar-refractivity contribution in [1.29, 1.82) is 0 Å². The van der Waals surface area contributed by atoms with Gasteiger partial charge in [0.25, 0.3) is 0 Å². The average Bonchev–Trinajstić information content (AvgIpc) is 2.79.